The highest BCUT2D eigenvalue weighted by Gasteiger charge is 2.32. The Morgan fingerprint density at radius 3 is 2.16 bits per heavy atom. The van der Waals surface area contributed by atoms with Crippen LogP contribution in [0.25, 0.3) is 0 Å². The van der Waals surface area contributed by atoms with Gasteiger partial charge in [0.2, 0.25) is 21.8 Å². The van der Waals surface area contributed by atoms with Crippen molar-refractivity contribution in [2.45, 2.75) is 65.1 Å². The molecule has 0 spiro atoms. The molecular weight excluding hydrogens is 629 g/mol. The zero-order chi connectivity index (χ0) is 31.9. The Bertz CT molecular complexity index is 1540. The van der Waals surface area contributed by atoms with Crippen LogP contribution in [0.1, 0.15) is 50.3 Å². The molecule has 3 aromatic carbocycles. The van der Waals surface area contributed by atoms with Gasteiger partial charge in [-0.25, -0.2) is 8.42 Å². The summed E-state index contributed by atoms with van der Waals surface area (Å²) in [4.78, 5) is 29.3. The van der Waals surface area contributed by atoms with Crippen LogP contribution in [0.4, 0.5) is 5.69 Å². The van der Waals surface area contributed by atoms with Crippen molar-refractivity contribution in [3.8, 4) is 0 Å². The molecule has 0 aliphatic carbocycles. The number of rotatable bonds is 12. The maximum Gasteiger partial charge on any atom is 0.243 e. The van der Waals surface area contributed by atoms with E-state index in [4.69, 9.17) is 34.8 Å². The molecule has 3 aromatic rings. The van der Waals surface area contributed by atoms with E-state index in [1.807, 2.05) is 51.1 Å². The van der Waals surface area contributed by atoms with Gasteiger partial charge in [0.05, 0.1) is 22.0 Å². The lowest BCUT2D eigenvalue weighted by atomic mass is 10.00. The third-order valence-corrected chi connectivity index (χ3v) is 9.09. The lowest BCUT2D eigenvalue weighted by molar-refractivity contribution is -0.142. The fraction of sp³-hybridized carbons (Fsp3) is 0.375. The average molecular weight is 667 g/mol. The lowest BCUT2D eigenvalue weighted by Crippen LogP contribution is -2.54. The molecule has 0 unspecified atom stereocenters. The fourth-order valence-corrected chi connectivity index (χ4v) is 6.20. The zero-order valence-corrected chi connectivity index (χ0v) is 28.1. The van der Waals surface area contributed by atoms with Gasteiger partial charge in [0, 0.05) is 36.5 Å². The number of carbonyl (C=O) groups excluding carboxylic acids is 2. The minimum atomic E-state index is -3.67. The summed E-state index contributed by atoms with van der Waals surface area (Å²) in [7, 11) is -3.67. The van der Waals surface area contributed by atoms with E-state index < -0.39 is 21.6 Å². The minimum Gasteiger partial charge on any atom is -0.350 e. The highest BCUT2D eigenvalue weighted by molar-refractivity contribution is 7.92. The Kier molecular flexibility index (Phi) is 11.9. The molecular formula is C32H38Cl3N3O4S. The molecule has 0 saturated heterocycles. The van der Waals surface area contributed by atoms with Crippen LogP contribution in [0.3, 0.4) is 0 Å². The fourth-order valence-electron chi connectivity index (χ4n) is 4.69. The summed E-state index contributed by atoms with van der Waals surface area (Å²) in [5.74, 6) is -0.593. The van der Waals surface area contributed by atoms with E-state index in [1.165, 1.54) is 4.31 Å². The second kappa shape index (κ2) is 14.8. The number of halogens is 3. The number of hydrogen-bond acceptors (Lipinski definition) is 4. The number of hydrogen-bond donors (Lipinski definition) is 1. The highest BCUT2D eigenvalue weighted by atomic mass is 35.5. The van der Waals surface area contributed by atoms with Crippen molar-refractivity contribution in [1.29, 1.82) is 0 Å². The summed E-state index contributed by atoms with van der Waals surface area (Å²) in [5.41, 5.74) is 2.15. The molecule has 0 aliphatic rings. The SMILES string of the molecule is Cc1c(Cl)cccc1N(CCCC(=O)N(Cc1ccc(Cl)c(Cl)c1)[C@@H](Cc1ccccc1)C(=O)NC(C)(C)C)S(C)(=O)=O. The molecule has 0 bridgehead atoms. The minimum absolute atomic E-state index is 0.00103. The third-order valence-electron chi connectivity index (χ3n) is 6.77. The van der Waals surface area contributed by atoms with E-state index in [0.29, 0.717) is 31.9 Å². The van der Waals surface area contributed by atoms with Gasteiger partial charge in [-0.1, -0.05) is 77.3 Å². The second-order valence-electron chi connectivity index (χ2n) is 11.5. The van der Waals surface area contributed by atoms with Gasteiger partial charge >= 0.3 is 0 Å². The third kappa shape index (κ3) is 10.1. The van der Waals surface area contributed by atoms with Crippen LogP contribution in [0.2, 0.25) is 15.1 Å². The molecule has 232 valence electrons. The van der Waals surface area contributed by atoms with Gasteiger partial charge < -0.3 is 10.2 Å². The summed E-state index contributed by atoms with van der Waals surface area (Å²) >= 11 is 18.7. The Morgan fingerprint density at radius 2 is 1.56 bits per heavy atom. The van der Waals surface area contributed by atoms with Crippen LogP contribution in [0, 0.1) is 6.92 Å². The van der Waals surface area contributed by atoms with Crippen molar-refractivity contribution in [1.82, 2.24) is 10.2 Å². The number of sulfonamides is 1. The molecule has 0 aliphatic heterocycles. The molecule has 2 amide bonds. The van der Waals surface area contributed by atoms with Crippen LogP contribution in [-0.4, -0.2) is 49.5 Å². The molecule has 11 heteroatoms. The molecule has 1 N–H and O–H groups in total. The van der Waals surface area contributed by atoms with Gasteiger partial charge in [-0.3, -0.25) is 13.9 Å². The summed E-state index contributed by atoms with van der Waals surface area (Å²) in [6, 6.07) is 18.8. The quantitative estimate of drug-likeness (QED) is 0.224. The Balaban J connectivity index is 1.94. The summed E-state index contributed by atoms with van der Waals surface area (Å²) in [6.45, 7) is 7.56. The first kappa shape index (κ1) is 34.7. The highest BCUT2D eigenvalue weighted by Crippen LogP contribution is 2.29. The van der Waals surface area contributed by atoms with Crippen LogP contribution in [-0.2, 0) is 32.6 Å². The van der Waals surface area contributed by atoms with Crippen molar-refractivity contribution in [3.63, 3.8) is 0 Å². The first-order valence-corrected chi connectivity index (χ1v) is 16.9. The molecule has 3 rings (SSSR count). The van der Waals surface area contributed by atoms with Crippen molar-refractivity contribution in [3.05, 3.63) is 98.5 Å². The molecule has 0 saturated carbocycles. The number of benzene rings is 3. The lowest BCUT2D eigenvalue weighted by Gasteiger charge is -2.34. The topological polar surface area (TPSA) is 86.8 Å². The normalized spacial score (nSPS) is 12.5. The monoisotopic (exact) mass is 665 g/mol. The van der Waals surface area contributed by atoms with Crippen molar-refractivity contribution in [2.24, 2.45) is 0 Å². The zero-order valence-electron chi connectivity index (χ0n) is 25.0. The molecule has 7 nitrogen and oxygen atoms in total. The van der Waals surface area contributed by atoms with E-state index in [2.05, 4.69) is 5.32 Å². The maximum atomic E-state index is 14.0. The molecule has 43 heavy (non-hydrogen) atoms. The van der Waals surface area contributed by atoms with Crippen molar-refractivity contribution < 1.29 is 18.0 Å². The van der Waals surface area contributed by atoms with Gasteiger partial charge in [-0.15, -0.1) is 0 Å². The molecule has 0 fully saturated rings. The Morgan fingerprint density at radius 1 is 0.884 bits per heavy atom. The number of nitrogens with one attached hydrogen (secondary N) is 1. The van der Waals surface area contributed by atoms with Gasteiger partial charge in [-0.05, 0) is 75.1 Å². The largest absolute Gasteiger partial charge is 0.350 e. The molecule has 1 atom stereocenters. The number of amides is 2. The van der Waals surface area contributed by atoms with Crippen LogP contribution < -0.4 is 9.62 Å². The predicted octanol–water partition coefficient (Wildman–Crippen LogP) is 7.06. The van der Waals surface area contributed by atoms with Gasteiger partial charge in [-0.2, -0.15) is 0 Å². The molecule has 0 radical (unpaired) electrons. The van der Waals surface area contributed by atoms with Crippen molar-refractivity contribution in [2.75, 3.05) is 17.1 Å². The summed E-state index contributed by atoms with van der Waals surface area (Å²) in [6.07, 6.45) is 1.63. The van der Waals surface area contributed by atoms with E-state index in [9.17, 15) is 18.0 Å². The van der Waals surface area contributed by atoms with Crippen LogP contribution >= 0.6 is 34.8 Å². The Hall–Kier alpha value is -2.78. The smallest absolute Gasteiger partial charge is 0.243 e. The number of nitrogens with zero attached hydrogens (tertiary/aromatic N) is 2. The Labute approximate surface area is 270 Å². The maximum absolute atomic E-state index is 14.0. The van der Waals surface area contributed by atoms with Crippen molar-refractivity contribution >= 4 is 62.3 Å². The molecule has 0 aromatic heterocycles. The van der Waals surface area contributed by atoms with E-state index >= 15 is 0 Å². The number of carbonyl (C=O) groups is 2. The van der Waals surface area contributed by atoms with Crippen LogP contribution in [0.5, 0.6) is 0 Å². The van der Waals surface area contributed by atoms with E-state index in [-0.39, 0.29) is 44.2 Å². The molecule has 0 heterocycles. The van der Waals surface area contributed by atoms with Gasteiger partial charge in [0.1, 0.15) is 6.04 Å². The van der Waals surface area contributed by atoms with E-state index in [1.54, 1.807) is 48.2 Å². The summed E-state index contributed by atoms with van der Waals surface area (Å²) < 4.78 is 26.8. The van der Waals surface area contributed by atoms with Gasteiger partial charge in [0.15, 0.2) is 0 Å². The van der Waals surface area contributed by atoms with Gasteiger partial charge in [0.25, 0.3) is 0 Å². The van der Waals surface area contributed by atoms with E-state index in [0.717, 1.165) is 11.8 Å². The first-order chi connectivity index (χ1) is 20.1. The second-order valence-corrected chi connectivity index (χ2v) is 14.7. The van der Waals surface area contributed by atoms with Crippen LogP contribution in [0.15, 0.2) is 66.7 Å². The predicted molar refractivity (Wildman–Crippen MR) is 176 cm³/mol. The first-order valence-electron chi connectivity index (χ1n) is 13.9. The number of anilines is 1. The summed E-state index contributed by atoms with van der Waals surface area (Å²) in [5, 5.41) is 4.20. The standard InChI is InChI=1S/C32H38Cl3N3O4S/c1-22-25(33)13-9-14-28(22)38(43(5,41)42)18-10-15-30(39)37(21-24-16-17-26(34)27(35)19-24)29(31(40)36-32(2,3)4)20-23-11-7-6-8-12-23/h6-9,11-14,16-17,19,29H,10,15,18,20-21H2,1-5H3,(H,36,40)/t29-/m0/s1. The average Bonchev–Trinajstić information content (AvgIpc) is 2.91.